The number of hydrogen-bond donors (Lipinski definition) is 1. The molecule has 2 atom stereocenters. The van der Waals surface area contributed by atoms with E-state index in [0.717, 1.165) is 25.2 Å². The Bertz CT molecular complexity index is 415. The second-order valence-electron chi connectivity index (χ2n) is 5.14. The predicted octanol–water partition coefficient (Wildman–Crippen LogP) is 2.50. The molecule has 2 aliphatic heterocycles. The number of fused-ring (bicyclic) bond motifs is 3. The van der Waals surface area contributed by atoms with Crippen LogP contribution >= 0.6 is 0 Å². The van der Waals surface area contributed by atoms with Crippen LogP contribution in [0.25, 0.3) is 0 Å². The maximum absolute atomic E-state index is 8.96. The Hall–Kier alpha value is -1.35. The highest BCUT2D eigenvalue weighted by Gasteiger charge is 2.38. The highest BCUT2D eigenvalue weighted by Crippen LogP contribution is 2.34. The van der Waals surface area contributed by atoms with Crippen LogP contribution in [0.1, 0.15) is 24.8 Å². The summed E-state index contributed by atoms with van der Waals surface area (Å²) in [6.07, 6.45) is 3.39. The first-order valence-corrected chi connectivity index (χ1v) is 6.35. The van der Waals surface area contributed by atoms with Crippen LogP contribution in [0.4, 0.5) is 0 Å². The summed E-state index contributed by atoms with van der Waals surface area (Å²) in [4.78, 5) is 2.54. The molecule has 1 N–H and O–H groups in total. The Kier molecular flexibility index (Phi) is 2.85. The predicted molar refractivity (Wildman–Crippen MR) is 67.2 cm³/mol. The van der Waals surface area contributed by atoms with Gasteiger partial charge in [-0.05, 0) is 18.4 Å². The summed E-state index contributed by atoms with van der Waals surface area (Å²) in [5.74, 6) is 0.480. The molecule has 3 heteroatoms. The van der Waals surface area contributed by atoms with Crippen molar-refractivity contribution in [3.63, 3.8) is 0 Å². The molecule has 3 nitrogen and oxygen atoms in total. The van der Waals surface area contributed by atoms with Crippen LogP contribution in [-0.4, -0.2) is 28.4 Å². The van der Waals surface area contributed by atoms with Crippen molar-refractivity contribution in [2.75, 3.05) is 6.54 Å². The van der Waals surface area contributed by atoms with E-state index in [1.807, 2.05) is 0 Å². The maximum atomic E-state index is 8.96. The third-order valence-electron chi connectivity index (χ3n) is 4.09. The van der Waals surface area contributed by atoms with Crippen molar-refractivity contribution in [3.05, 3.63) is 35.9 Å². The van der Waals surface area contributed by atoms with Crippen LogP contribution in [0.15, 0.2) is 35.5 Å². The van der Waals surface area contributed by atoms with Gasteiger partial charge in [-0.15, -0.1) is 0 Å². The van der Waals surface area contributed by atoms with Crippen LogP contribution in [0.5, 0.6) is 0 Å². The zero-order chi connectivity index (χ0) is 11.7. The molecule has 1 saturated carbocycles. The van der Waals surface area contributed by atoms with Crippen LogP contribution in [0.3, 0.4) is 0 Å². The summed E-state index contributed by atoms with van der Waals surface area (Å²) in [6, 6.07) is 11.2. The quantitative estimate of drug-likeness (QED) is 0.626. The van der Waals surface area contributed by atoms with Gasteiger partial charge in [0.25, 0.3) is 0 Å². The molecular weight excluding hydrogens is 212 g/mol. The molecule has 2 heterocycles. The highest BCUT2D eigenvalue weighted by molar-refractivity contribution is 5.88. The molecule has 1 aromatic rings. The molecule has 3 fully saturated rings. The van der Waals surface area contributed by atoms with Gasteiger partial charge in [-0.25, -0.2) is 0 Å². The van der Waals surface area contributed by atoms with Gasteiger partial charge in [0.1, 0.15) is 0 Å². The second kappa shape index (κ2) is 4.49. The Morgan fingerprint density at radius 2 is 2.06 bits per heavy atom. The van der Waals surface area contributed by atoms with Gasteiger partial charge in [0.15, 0.2) is 0 Å². The van der Waals surface area contributed by atoms with Crippen molar-refractivity contribution >= 4 is 5.71 Å². The Morgan fingerprint density at radius 1 is 1.24 bits per heavy atom. The minimum absolute atomic E-state index is 0.480. The fourth-order valence-electron chi connectivity index (χ4n) is 3.14. The van der Waals surface area contributed by atoms with Crippen LogP contribution in [0, 0.1) is 5.92 Å². The Balaban J connectivity index is 1.71. The lowest BCUT2D eigenvalue weighted by Crippen LogP contribution is -2.51. The van der Waals surface area contributed by atoms with Crippen LogP contribution in [0.2, 0.25) is 0 Å². The normalized spacial score (nSPS) is 30.9. The zero-order valence-corrected chi connectivity index (χ0v) is 9.92. The van der Waals surface area contributed by atoms with E-state index in [-0.39, 0.29) is 0 Å². The highest BCUT2D eigenvalue weighted by atomic mass is 16.4. The molecule has 2 unspecified atom stereocenters. The van der Waals surface area contributed by atoms with Gasteiger partial charge in [0, 0.05) is 31.5 Å². The van der Waals surface area contributed by atoms with E-state index in [4.69, 9.17) is 5.21 Å². The smallest absolute Gasteiger partial charge is 0.0629 e. The van der Waals surface area contributed by atoms with Gasteiger partial charge in [0.05, 0.1) is 5.71 Å². The molecule has 0 spiro atoms. The molecule has 0 radical (unpaired) electrons. The number of piperidine rings is 2. The molecular formula is C14H18N2O. The molecule has 17 heavy (non-hydrogen) atoms. The maximum Gasteiger partial charge on any atom is 0.0629 e. The SMILES string of the molecule is O/N=C1/CC2CCC1CN2Cc1ccccc1. The van der Waals surface area contributed by atoms with E-state index >= 15 is 0 Å². The second-order valence-corrected chi connectivity index (χ2v) is 5.14. The first kappa shape index (κ1) is 10.8. The van der Waals surface area contributed by atoms with Gasteiger partial charge >= 0.3 is 0 Å². The van der Waals surface area contributed by atoms with E-state index in [1.54, 1.807) is 0 Å². The average molecular weight is 230 g/mol. The standard InChI is InChI=1S/C14H18N2O/c17-15-14-8-13-7-6-12(14)10-16(13)9-11-4-2-1-3-5-11/h1-5,12-13,17H,6-10H2/b15-14-. The van der Waals surface area contributed by atoms with Gasteiger partial charge in [-0.3, -0.25) is 4.90 Å². The minimum atomic E-state index is 0.480. The molecule has 0 amide bonds. The van der Waals surface area contributed by atoms with E-state index in [1.165, 1.54) is 18.4 Å². The molecule has 3 aliphatic rings. The number of hydrogen-bond acceptors (Lipinski definition) is 3. The Morgan fingerprint density at radius 3 is 2.71 bits per heavy atom. The lowest BCUT2D eigenvalue weighted by atomic mass is 9.78. The lowest BCUT2D eigenvalue weighted by Gasteiger charge is -2.45. The average Bonchev–Trinajstić information content (AvgIpc) is 2.40. The number of rotatable bonds is 2. The third kappa shape index (κ3) is 2.07. The molecule has 0 aromatic heterocycles. The van der Waals surface area contributed by atoms with Crippen molar-refractivity contribution in [2.24, 2.45) is 11.1 Å². The van der Waals surface area contributed by atoms with Crippen molar-refractivity contribution in [1.29, 1.82) is 0 Å². The largest absolute Gasteiger partial charge is 0.411 e. The van der Waals surface area contributed by atoms with Crippen molar-refractivity contribution in [1.82, 2.24) is 4.90 Å². The summed E-state index contributed by atoms with van der Waals surface area (Å²) in [5.41, 5.74) is 2.40. The molecule has 2 bridgehead atoms. The third-order valence-corrected chi connectivity index (χ3v) is 4.09. The van der Waals surface area contributed by atoms with E-state index in [0.29, 0.717) is 12.0 Å². The van der Waals surface area contributed by atoms with E-state index < -0.39 is 0 Å². The molecule has 1 aromatic carbocycles. The molecule has 90 valence electrons. The van der Waals surface area contributed by atoms with Crippen LogP contribution in [-0.2, 0) is 6.54 Å². The first-order chi connectivity index (χ1) is 8.36. The summed E-state index contributed by atoms with van der Waals surface area (Å²) >= 11 is 0. The zero-order valence-electron chi connectivity index (χ0n) is 9.92. The summed E-state index contributed by atoms with van der Waals surface area (Å²) in [5, 5.41) is 12.4. The van der Waals surface area contributed by atoms with Crippen LogP contribution < -0.4 is 0 Å². The summed E-state index contributed by atoms with van der Waals surface area (Å²) in [7, 11) is 0. The van der Waals surface area contributed by atoms with Crippen molar-refractivity contribution in [2.45, 2.75) is 31.8 Å². The lowest BCUT2D eigenvalue weighted by molar-refractivity contribution is 0.0994. The molecule has 1 aliphatic carbocycles. The summed E-state index contributed by atoms with van der Waals surface area (Å²) < 4.78 is 0. The first-order valence-electron chi connectivity index (χ1n) is 6.35. The number of nitrogens with zero attached hydrogens (tertiary/aromatic N) is 2. The van der Waals surface area contributed by atoms with E-state index in [2.05, 4.69) is 40.4 Å². The van der Waals surface area contributed by atoms with Crippen molar-refractivity contribution < 1.29 is 5.21 Å². The van der Waals surface area contributed by atoms with Gasteiger partial charge in [-0.1, -0.05) is 35.5 Å². The van der Waals surface area contributed by atoms with Gasteiger partial charge < -0.3 is 5.21 Å². The minimum Gasteiger partial charge on any atom is -0.411 e. The van der Waals surface area contributed by atoms with Gasteiger partial charge in [0.2, 0.25) is 0 Å². The topological polar surface area (TPSA) is 35.8 Å². The Labute approximate surface area is 102 Å². The van der Waals surface area contributed by atoms with Crippen molar-refractivity contribution in [3.8, 4) is 0 Å². The number of oxime groups is 1. The van der Waals surface area contributed by atoms with Gasteiger partial charge in [-0.2, -0.15) is 0 Å². The molecule has 4 rings (SSSR count). The van der Waals surface area contributed by atoms with E-state index in [9.17, 15) is 0 Å². The fraction of sp³-hybridized carbons (Fsp3) is 0.500. The molecule has 2 saturated heterocycles. The monoisotopic (exact) mass is 230 g/mol. The summed E-state index contributed by atoms with van der Waals surface area (Å²) in [6.45, 7) is 2.08. The fourth-order valence-corrected chi connectivity index (χ4v) is 3.14. The number of benzene rings is 1.